The minimum Gasteiger partial charge on any atom is -0.493 e. The van der Waals surface area contributed by atoms with Crippen molar-refractivity contribution < 1.29 is 27.1 Å². The van der Waals surface area contributed by atoms with Gasteiger partial charge in [0.25, 0.3) is 0 Å². The van der Waals surface area contributed by atoms with E-state index in [9.17, 15) is 13.2 Å². The molecule has 1 amide bonds. The van der Waals surface area contributed by atoms with Crippen molar-refractivity contribution in [2.45, 2.75) is 19.5 Å². The number of hydrogen-bond donors (Lipinski definition) is 1. The first-order valence-electron chi connectivity index (χ1n) is 8.28. The van der Waals surface area contributed by atoms with Crippen LogP contribution < -0.4 is 14.8 Å². The van der Waals surface area contributed by atoms with Crippen LogP contribution in [0.3, 0.4) is 0 Å². The summed E-state index contributed by atoms with van der Waals surface area (Å²) in [6, 6.07) is 8.67. The molecule has 2 aromatic rings. The summed E-state index contributed by atoms with van der Waals surface area (Å²) >= 11 is 0. The highest BCUT2D eigenvalue weighted by Crippen LogP contribution is 2.28. The Hall–Kier alpha value is -2.52. The van der Waals surface area contributed by atoms with E-state index in [1.54, 1.807) is 30.3 Å². The maximum absolute atomic E-state index is 12.1. The first-order chi connectivity index (χ1) is 12.8. The minimum absolute atomic E-state index is 0.0427. The third-order valence-electron chi connectivity index (χ3n) is 3.90. The van der Waals surface area contributed by atoms with Crippen LogP contribution in [0.1, 0.15) is 17.7 Å². The predicted molar refractivity (Wildman–Crippen MR) is 100.0 cm³/mol. The summed E-state index contributed by atoms with van der Waals surface area (Å²) in [6.07, 6.45) is 2.69. The van der Waals surface area contributed by atoms with E-state index in [1.165, 1.54) is 24.8 Å². The van der Waals surface area contributed by atoms with Crippen molar-refractivity contribution in [1.29, 1.82) is 0 Å². The molecule has 0 bridgehead atoms. The summed E-state index contributed by atoms with van der Waals surface area (Å²) in [7, 11) is -0.447. The third kappa shape index (κ3) is 6.30. The lowest BCUT2D eigenvalue weighted by molar-refractivity contribution is -0.121. The molecule has 0 aliphatic heterocycles. The highest BCUT2D eigenvalue weighted by Gasteiger charge is 2.19. The molecule has 9 heteroatoms. The van der Waals surface area contributed by atoms with E-state index in [1.807, 2.05) is 0 Å². The van der Waals surface area contributed by atoms with Crippen LogP contribution in [0.5, 0.6) is 11.5 Å². The summed E-state index contributed by atoms with van der Waals surface area (Å²) in [5, 5.41) is 2.70. The van der Waals surface area contributed by atoms with Crippen LogP contribution in [0.2, 0.25) is 0 Å². The van der Waals surface area contributed by atoms with E-state index in [2.05, 4.69) is 5.32 Å². The Labute approximate surface area is 159 Å². The van der Waals surface area contributed by atoms with Gasteiger partial charge in [0.2, 0.25) is 15.9 Å². The zero-order valence-electron chi connectivity index (χ0n) is 15.6. The molecule has 1 heterocycles. The smallest absolute Gasteiger partial charge is 0.221 e. The quantitative estimate of drug-likeness (QED) is 0.657. The van der Waals surface area contributed by atoms with Gasteiger partial charge in [0.05, 0.1) is 33.3 Å². The fraction of sp³-hybridized carbons (Fsp3) is 0.389. The number of amides is 1. The molecule has 0 atom stereocenters. The monoisotopic (exact) mass is 396 g/mol. The molecule has 0 aliphatic rings. The van der Waals surface area contributed by atoms with Crippen LogP contribution in [0, 0.1) is 0 Å². The predicted octanol–water partition coefficient (Wildman–Crippen LogP) is 1.76. The number of hydrogen-bond acceptors (Lipinski definition) is 6. The number of furan rings is 1. The Morgan fingerprint density at radius 2 is 1.93 bits per heavy atom. The lowest BCUT2D eigenvalue weighted by Gasteiger charge is -2.20. The summed E-state index contributed by atoms with van der Waals surface area (Å²) < 4.78 is 41.0. The van der Waals surface area contributed by atoms with Crippen molar-refractivity contribution >= 4 is 15.9 Å². The number of methoxy groups -OCH3 is 2. The number of carbonyl (C=O) groups is 1. The second-order valence-corrected chi connectivity index (χ2v) is 7.87. The summed E-state index contributed by atoms with van der Waals surface area (Å²) in [5.74, 6) is 1.45. The zero-order valence-corrected chi connectivity index (χ0v) is 16.4. The fourth-order valence-electron chi connectivity index (χ4n) is 2.46. The maximum atomic E-state index is 12.1. The second kappa shape index (κ2) is 9.43. The van der Waals surface area contributed by atoms with Gasteiger partial charge in [0, 0.05) is 19.5 Å². The van der Waals surface area contributed by atoms with E-state index in [0.717, 1.165) is 11.8 Å². The number of rotatable bonds is 10. The largest absolute Gasteiger partial charge is 0.493 e. The number of nitrogens with zero attached hydrogens (tertiary/aromatic N) is 1. The van der Waals surface area contributed by atoms with E-state index in [0.29, 0.717) is 17.3 Å². The maximum Gasteiger partial charge on any atom is 0.221 e. The van der Waals surface area contributed by atoms with Crippen molar-refractivity contribution in [2.75, 3.05) is 27.0 Å². The van der Waals surface area contributed by atoms with Gasteiger partial charge in [-0.15, -0.1) is 0 Å². The summed E-state index contributed by atoms with van der Waals surface area (Å²) in [6.45, 7) is 0.461. The summed E-state index contributed by atoms with van der Waals surface area (Å²) in [4.78, 5) is 12.0. The van der Waals surface area contributed by atoms with Crippen LogP contribution in [-0.2, 0) is 27.9 Å². The van der Waals surface area contributed by atoms with Crippen molar-refractivity contribution in [2.24, 2.45) is 0 Å². The van der Waals surface area contributed by atoms with Crippen LogP contribution in [0.15, 0.2) is 41.0 Å². The lowest BCUT2D eigenvalue weighted by atomic mass is 10.2. The first-order valence-corrected chi connectivity index (χ1v) is 10.1. The fourth-order valence-corrected chi connectivity index (χ4v) is 3.26. The number of sulfonamides is 1. The van der Waals surface area contributed by atoms with Crippen LogP contribution in [0.25, 0.3) is 0 Å². The average molecular weight is 396 g/mol. The highest BCUT2D eigenvalue weighted by molar-refractivity contribution is 7.88. The van der Waals surface area contributed by atoms with E-state index in [4.69, 9.17) is 13.9 Å². The number of carbonyl (C=O) groups excluding carboxylic acids is 1. The molecular formula is C18H24N2O6S. The molecule has 2 rings (SSSR count). The Kier molecular flexibility index (Phi) is 7.26. The van der Waals surface area contributed by atoms with Gasteiger partial charge < -0.3 is 19.2 Å². The van der Waals surface area contributed by atoms with Gasteiger partial charge in [0.1, 0.15) is 5.76 Å². The topological polar surface area (TPSA) is 98.1 Å². The SMILES string of the molecule is COc1ccc(CN(CCC(=O)NCc2ccco2)S(C)(=O)=O)cc1OC. The van der Waals surface area contributed by atoms with Gasteiger partial charge >= 0.3 is 0 Å². The second-order valence-electron chi connectivity index (χ2n) is 5.89. The Bertz CT molecular complexity index is 849. The van der Waals surface area contributed by atoms with Gasteiger partial charge in [-0.1, -0.05) is 6.07 Å². The Morgan fingerprint density at radius 3 is 2.52 bits per heavy atom. The highest BCUT2D eigenvalue weighted by atomic mass is 32.2. The van der Waals surface area contributed by atoms with Gasteiger partial charge in [-0.2, -0.15) is 4.31 Å². The van der Waals surface area contributed by atoms with Crippen molar-refractivity contribution in [1.82, 2.24) is 9.62 Å². The first kappa shape index (κ1) is 20.8. The van der Waals surface area contributed by atoms with Crippen LogP contribution >= 0.6 is 0 Å². The van der Waals surface area contributed by atoms with Crippen LogP contribution in [-0.4, -0.2) is 45.7 Å². The van der Waals surface area contributed by atoms with Crippen LogP contribution in [0.4, 0.5) is 0 Å². The number of nitrogens with one attached hydrogen (secondary N) is 1. The molecule has 1 aromatic carbocycles. The van der Waals surface area contributed by atoms with E-state index < -0.39 is 10.0 Å². The molecule has 0 fully saturated rings. The van der Waals surface area contributed by atoms with Gasteiger partial charge in [-0.3, -0.25) is 4.79 Å². The molecule has 1 aromatic heterocycles. The Balaban J connectivity index is 1.98. The van der Waals surface area contributed by atoms with Gasteiger partial charge in [-0.25, -0.2) is 8.42 Å². The van der Waals surface area contributed by atoms with Crippen molar-refractivity contribution in [3.63, 3.8) is 0 Å². The molecule has 0 spiro atoms. The molecule has 0 radical (unpaired) electrons. The molecule has 8 nitrogen and oxygen atoms in total. The molecule has 0 unspecified atom stereocenters. The number of benzene rings is 1. The lowest BCUT2D eigenvalue weighted by Crippen LogP contribution is -2.34. The normalized spacial score (nSPS) is 11.4. The molecule has 0 aliphatic carbocycles. The van der Waals surface area contributed by atoms with Gasteiger partial charge in [-0.05, 0) is 29.8 Å². The third-order valence-corrected chi connectivity index (χ3v) is 5.15. The molecule has 0 saturated heterocycles. The van der Waals surface area contributed by atoms with Crippen molar-refractivity contribution in [3.05, 3.63) is 47.9 Å². The molecular weight excluding hydrogens is 372 g/mol. The molecule has 0 saturated carbocycles. The van der Waals surface area contributed by atoms with Gasteiger partial charge in [0.15, 0.2) is 11.5 Å². The molecule has 27 heavy (non-hydrogen) atoms. The standard InChI is InChI=1S/C18H24N2O6S/c1-24-16-7-6-14(11-17(16)25-2)13-20(27(3,22)23)9-8-18(21)19-12-15-5-4-10-26-15/h4-7,10-11H,8-9,12-13H2,1-3H3,(H,19,21). The van der Waals surface area contributed by atoms with E-state index in [-0.39, 0.29) is 32.0 Å². The molecule has 1 N–H and O–H groups in total. The average Bonchev–Trinajstić information content (AvgIpc) is 3.15. The Morgan fingerprint density at radius 1 is 1.19 bits per heavy atom. The van der Waals surface area contributed by atoms with E-state index >= 15 is 0 Å². The minimum atomic E-state index is -3.49. The molecule has 148 valence electrons. The zero-order chi connectivity index (χ0) is 19.9. The number of ether oxygens (including phenoxy) is 2. The summed E-state index contributed by atoms with van der Waals surface area (Å²) in [5.41, 5.74) is 0.731. The van der Waals surface area contributed by atoms with Crippen molar-refractivity contribution in [3.8, 4) is 11.5 Å².